The van der Waals surface area contributed by atoms with Gasteiger partial charge in [0, 0.05) is 24.3 Å². The van der Waals surface area contributed by atoms with Crippen LogP contribution in [0.1, 0.15) is 31.7 Å². The maximum atomic E-state index is 13.0. The Bertz CT molecular complexity index is 1220. The summed E-state index contributed by atoms with van der Waals surface area (Å²) < 4.78 is 33.2. The molecule has 4 rings (SSSR count). The number of thioether (sulfide) groups is 1. The van der Waals surface area contributed by atoms with Gasteiger partial charge in [-0.1, -0.05) is 41.9 Å². The van der Waals surface area contributed by atoms with Crippen molar-refractivity contribution < 1.29 is 17.6 Å². The van der Waals surface area contributed by atoms with Gasteiger partial charge in [0.25, 0.3) is 5.22 Å². The van der Waals surface area contributed by atoms with E-state index in [1.54, 1.807) is 31.2 Å². The van der Waals surface area contributed by atoms with Crippen molar-refractivity contribution in [3.8, 4) is 11.5 Å². The lowest BCUT2D eigenvalue weighted by atomic mass is 10.2. The number of piperidine rings is 1. The SMILES string of the molecule is Cc1ccc(NC(=O)C(C)Sc2nnc(-c3cccc(S(=O)(=O)N4CCCCC4)c3)o2)cc1. The first-order valence-corrected chi connectivity index (χ1v) is 13.1. The standard InChI is InChI=1S/C23H26N4O4S2/c1-16-9-11-19(12-10-16)24-21(28)17(2)32-23-26-25-22(31-23)18-7-6-8-20(15-18)33(29,30)27-13-4-3-5-14-27/h6-12,15,17H,3-5,13-14H2,1-2H3,(H,24,28). The molecule has 2 heterocycles. The van der Waals surface area contributed by atoms with Gasteiger partial charge in [-0.15, -0.1) is 10.2 Å². The molecule has 0 saturated carbocycles. The summed E-state index contributed by atoms with van der Waals surface area (Å²) in [6.07, 6.45) is 2.80. The number of nitrogens with one attached hydrogen (secondary N) is 1. The number of hydrogen-bond donors (Lipinski definition) is 1. The zero-order chi connectivity index (χ0) is 23.4. The molecule has 0 bridgehead atoms. The number of carbonyl (C=O) groups excluding carboxylic acids is 1. The van der Waals surface area contributed by atoms with Gasteiger partial charge in [-0.3, -0.25) is 4.79 Å². The number of hydrogen-bond acceptors (Lipinski definition) is 7. The lowest BCUT2D eigenvalue weighted by Crippen LogP contribution is -2.35. The Hall–Kier alpha value is -2.69. The van der Waals surface area contributed by atoms with Crippen LogP contribution in [0.15, 0.2) is 63.1 Å². The fraction of sp³-hybridized carbons (Fsp3) is 0.348. The summed E-state index contributed by atoms with van der Waals surface area (Å²) in [5, 5.41) is 10.7. The molecule has 10 heteroatoms. The molecule has 1 amide bonds. The summed E-state index contributed by atoms with van der Waals surface area (Å²) in [5.41, 5.74) is 2.35. The van der Waals surface area contributed by atoms with Crippen molar-refractivity contribution in [2.75, 3.05) is 18.4 Å². The number of aryl methyl sites for hydroxylation is 1. The fourth-order valence-corrected chi connectivity index (χ4v) is 5.75. The van der Waals surface area contributed by atoms with Gasteiger partial charge in [-0.05, 0) is 57.0 Å². The average Bonchev–Trinajstić information content (AvgIpc) is 3.29. The molecule has 3 aromatic rings. The lowest BCUT2D eigenvalue weighted by molar-refractivity contribution is -0.115. The minimum atomic E-state index is -3.56. The summed E-state index contributed by atoms with van der Waals surface area (Å²) >= 11 is 1.14. The van der Waals surface area contributed by atoms with Crippen LogP contribution in [0, 0.1) is 6.92 Å². The van der Waals surface area contributed by atoms with Gasteiger partial charge < -0.3 is 9.73 Å². The Kier molecular flexibility index (Phi) is 7.16. The molecule has 0 aliphatic carbocycles. The molecule has 0 radical (unpaired) electrons. The monoisotopic (exact) mass is 486 g/mol. The molecule has 1 aliphatic rings. The van der Waals surface area contributed by atoms with Crippen molar-refractivity contribution in [2.24, 2.45) is 0 Å². The first-order valence-electron chi connectivity index (χ1n) is 10.8. The van der Waals surface area contributed by atoms with Gasteiger partial charge in [-0.25, -0.2) is 8.42 Å². The normalized spacial score (nSPS) is 15.8. The number of carbonyl (C=O) groups is 1. The number of aromatic nitrogens is 2. The zero-order valence-electron chi connectivity index (χ0n) is 18.5. The highest BCUT2D eigenvalue weighted by atomic mass is 32.2. The molecule has 1 aromatic heterocycles. The van der Waals surface area contributed by atoms with E-state index in [4.69, 9.17) is 4.42 Å². The predicted molar refractivity (Wildman–Crippen MR) is 127 cm³/mol. The van der Waals surface area contributed by atoms with Crippen LogP contribution in [0.2, 0.25) is 0 Å². The van der Waals surface area contributed by atoms with Crippen molar-refractivity contribution in [3.05, 3.63) is 54.1 Å². The third-order valence-corrected chi connectivity index (χ3v) is 8.24. The van der Waals surface area contributed by atoms with E-state index in [0.29, 0.717) is 18.7 Å². The van der Waals surface area contributed by atoms with Gasteiger partial charge in [0.2, 0.25) is 21.8 Å². The van der Waals surface area contributed by atoms with Crippen LogP contribution in [0.3, 0.4) is 0 Å². The number of anilines is 1. The average molecular weight is 487 g/mol. The molecule has 33 heavy (non-hydrogen) atoms. The Morgan fingerprint density at radius 1 is 1.09 bits per heavy atom. The van der Waals surface area contributed by atoms with Crippen molar-refractivity contribution in [3.63, 3.8) is 0 Å². The third-order valence-electron chi connectivity index (χ3n) is 5.41. The van der Waals surface area contributed by atoms with Crippen LogP contribution in [0.5, 0.6) is 0 Å². The predicted octanol–water partition coefficient (Wildman–Crippen LogP) is 4.34. The van der Waals surface area contributed by atoms with Crippen LogP contribution in [0.4, 0.5) is 5.69 Å². The molecule has 1 fully saturated rings. The molecule has 1 N–H and O–H groups in total. The van der Waals surface area contributed by atoms with E-state index in [1.807, 2.05) is 31.2 Å². The number of rotatable bonds is 7. The van der Waals surface area contributed by atoms with E-state index in [2.05, 4.69) is 15.5 Å². The number of benzene rings is 2. The summed E-state index contributed by atoms with van der Waals surface area (Å²) in [4.78, 5) is 12.7. The number of nitrogens with zero attached hydrogens (tertiary/aromatic N) is 3. The van der Waals surface area contributed by atoms with Gasteiger partial charge in [-0.2, -0.15) is 4.31 Å². The summed E-state index contributed by atoms with van der Waals surface area (Å²) in [7, 11) is -3.56. The van der Waals surface area contributed by atoms with Gasteiger partial charge in [0.15, 0.2) is 0 Å². The Morgan fingerprint density at radius 2 is 1.82 bits per heavy atom. The van der Waals surface area contributed by atoms with Crippen LogP contribution < -0.4 is 5.32 Å². The van der Waals surface area contributed by atoms with Crippen LogP contribution in [0.25, 0.3) is 11.5 Å². The maximum absolute atomic E-state index is 13.0. The van der Waals surface area contributed by atoms with Crippen molar-refractivity contribution in [1.29, 1.82) is 0 Å². The van der Waals surface area contributed by atoms with E-state index in [-0.39, 0.29) is 21.9 Å². The molecule has 1 unspecified atom stereocenters. The molecular weight excluding hydrogens is 460 g/mol. The molecule has 1 atom stereocenters. The van der Waals surface area contributed by atoms with E-state index in [0.717, 1.165) is 42.3 Å². The Labute approximate surface area is 197 Å². The molecule has 174 valence electrons. The van der Waals surface area contributed by atoms with Gasteiger partial charge in [0.1, 0.15) is 0 Å². The van der Waals surface area contributed by atoms with Crippen LogP contribution >= 0.6 is 11.8 Å². The lowest BCUT2D eigenvalue weighted by Gasteiger charge is -2.25. The minimum Gasteiger partial charge on any atom is -0.411 e. The highest BCUT2D eigenvalue weighted by Crippen LogP contribution is 2.29. The first-order chi connectivity index (χ1) is 15.8. The molecule has 1 saturated heterocycles. The van der Waals surface area contributed by atoms with E-state index in [9.17, 15) is 13.2 Å². The highest BCUT2D eigenvalue weighted by molar-refractivity contribution is 8.00. The molecule has 8 nitrogen and oxygen atoms in total. The number of sulfonamides is 1. The quantitative estimate of drug-likeness (QED) is 0.495. The first kappa shape index (κ1) is 23.5. The highest BCUT2D eigenvalue weighted by Gasteiger charge is 2.26. The smallest absolute Gasteiger partial charge is 0.277 e. The fourth-order valence-electron chi connectivity index (χ4n) is 3.50. The van der Waals surface area contributed by atoms with Crippen molar-refractivity contribution >= 4 is 33.4 Å². The Morgan fingerprint density at radius 3 is 2.55 bits per heavy atom. The van der Waals surface area contributed by atoms with E-state index >= 15 is 0 Å². The summed E-state index contributed by atoms with van der Waals surface area (Å²) in [5.74, 6) is 0.0255. The van der Waals surface area contributed by atoms with Crippen LogP contribution in [-0.4, -0.2) is 47.2 Å². The number of amides is 1. The van der Waals surface area contributed by atoms with Gasteiger partial charge in [0.05, 0.1) is 10.1 Å². The second-order valence-electron chi connectivity index (χ2n) is 7.98. The van der Waals surface area contributed by atoms with Crippen molar-refractivity contribution in [2.45, 2.75) is 48.5 Å². The molecule has 1 aliphatic heterocycles. The van der Waals surface area contributed by atoms with E-state index < -0.39 is 15.3 Å². The van der Waals surface area contributed by atoms with E-state index in [1.165, 1.54) is 4.31 Å². The van der Waals surface area contributed by atoms with Gasteiger partial charge >= 0.3 is 0 Å². The largest absolute Gasteiger partial charge is 0.411 e. The van der Waals surface area contributed by atoms with Crippen molar-refractivity contribution in [1.82, 2.24) is 14.5 Å². The maximum Gasteiger partial charge on any atom is 0.277 e. The second kappa shape index (κ2) is 10.1. The molecule has 2 aromatic carbocycles. The topological polar surface area (TPSA) is 105 Å². The third kappa shape index (κ3) is 5.63. The zero-order valence-corrected chi connectivity index (χ0v) is 20.2. The minimum absolute atomic E-state index is 0.182. The summed E-state index contributed by atoms with van der Waals surface area (Å²) in [6, 6.07) is 14.1. The second-order valence-corrected chi connectivity index (χ2v) is 11.2. The van der Waals surface area contributed by atoms with Crippen LogP contribution in [-0.2, 0) is 14.8 Å². The molecule has 0 spiro atoms. The molecular formula is C23H26N4O4S2. The summed E-state index contributed by atoms with van der Waals surface area (Å²) in [6.45, 7) is 4.81. The Balaban J connectivity index is 1.44.